The van der Waals surface area contributed by atoms with Gasteiger partial charge in [-0.1, -0.05) is 6.92 Å². The Labute approximate surface area is 67.0 Å². The van der Waals surface area contributed by atoms with Crippen molar-refractivity contribution in [3.8, 4) is 0 Å². The lowest BCUT2D eigenvalue weighted by atomic mass is 10.1. The Morgan fingerprint density at radius 1 is 1.73 bits per heavy atom. The van der Waals surface area contributed by atoms with E-state index in [2.05, 4.69) is 0 Å². The largest absolute Gasteiger partial charge is 0.388 e. The molecule has 1 atom stereocenters. The van der Waals surface area contributed by atoms with E-state index in [-0.39, 0.29) is 5.91 Å². The summed E-state index contributed by atoms with van der Waals surface area (Å²) < 4.78 is 0. The van der Waals surface area contributed by atoms with E-state index >= 15 is 0 Å². The summed E-state index contributed by atoms with van der Waals surface area (Å²) in [5, 5.41) is 9.52. The van der Waals surface area contributed by atoms with Crippen LogP contribution in [0.4, 0.5) is 0 Å². The number of β-amino-alcohol motifs (C(OH)–C–C–N with tert-alkyl or cyclic N) is 1. The Hall–Kier alpha value is -0.570. The first-order chi connectivity index (χ1) is 5.05. The number of hydrogen-bond donors (Lipinski definition) is 1. The second-order valence-corrected chi connectivity index (χ2v) is 3.42. The van der Waals surface area contributed by atoms with Gasteiger partial charge in [0.25, 0.3) is 0 Å². The normalized spacial score (nSPS) is 31.0. The average Bonchev–Trinajstić information content (AvgIpc) is 2.29. The molecule has 0 aromatic heterocycles. The van der Waals surface area contributed by atoms with Crippen molar-refractivity contribution >= 4 is 5.91 Å². The zero-order valence-electron chi connectivity index (χ0n) is 7.13. The number of likely N-dealkylation sites (tertiary alicyclic amines) is 1. The van der Waals surface area contributed by atoms with Crippen LogP contribution in [0.1, 0.15) is 26.7 Å². The molecule has 0 aromatic carbocycles. The van der Waals surface area contributed by atoms with Crippen molar-refractivity contribution < 1.29 is 9.90 Å². The Bertz CT molecular complexity index is 165. The number of amides is 1. The maximum absolute atomic E-state index is 11.1. The number of carbonyl (C=O) groups is 1. The molecular formula is C8H15NO2. The maximum atomic E-state index is 11.1. The van der Waals surface area contributed by atoms with Crippen molar-refractivity contribution in [1.29, 1.82) is 0 Å². The van der Waals surface area contributed by atoms with Crippen LogP contribution in [0.25, 0.3) is 0 Å². The first kappa shape index (κ1) is 8.53. The molecule has 1 saturated heterocycles. The lowest BCUT2D eigenvalue weighted by Crippen LogP contribution is -2.33. The van der Waals surface area contributed by atoms with Crippen LogP contribution in [-0.4, -0.2) is 34.6 Å². The summed E-state index contributed by atoms with van der Waals surface area (Å²) in [5.41, 5.74) is -0.648. The Balaban J connectivity index is 2.48. The van der Waals surface area contributed by atoms with E-state index in [1.54, 1.807) is 11.8 Å². The second-order valence-electron chi connectivity index (χ2n) is 3.42. The van der Waals surface area contributed by atoms with E-state index in [1.807, 2.05) is 6.92 Å². The van der Waals surface area contributed by atoms with Crippen molar-refractivity contribution in [2.45, 2.75) is 32.3 Å². The predicted molar refractivity (Wildman–Crippen MR) is 42.1 cm³/mol. The van der Waals surface area contributed by atoms with E-state index in [0.29, 0.717) is 25.9 Å². The molecule has 64 valence electrons. The predicted octanol–water partition coefficient (Wildman–Crippen LogP) is 0.380. The molecule has 1 heterocycles. The van der Waals surface area contributed by atoms with E-state index in [4.69, 9.17) is 0 Å². The van der Waals surface area contributed by atoms with Gasteiger partial charge in [-0.25, -0.2) is 0 Å². The molecule has 1 amide bonds. The van der Waals surface area contributed by atoms with Crippen LogP contribution in [0.2, 0.25) is 0 Å². The highest BCUT2D eigenvalue weighted by molar-refractivity contribution is 5.76. The van der Waals surface area contributed by atoms with Crippen molar-refractivity contribution in [3.05, 3.63) is 0 Å². The van der Waals surface area contributed by atoms with E-state index < -0.39 is 5.60 Å². The number of nitrogens with zero attached hydrogens (tertiary/aromatic N) is 1. The van der Waals surface area contributed by atoms with Gasteiger partial charge in [-0.05, 0) is 13.3 Å². The Morgan fingerprint density at radius 2 is 2.36 bits per heavy atom. The first-order valence-corrected chi connectivity index (χ1v) is 4.05. The van der Waals surface area contributed by atoms with Gasteiger partial charge in [0.05, 0.1) is 5.60 Å². The van der Waals surface area contributed by atoms with Crippen LogP contribution in [0.3, 0.4) is 0 Å². The van der Waals surface area contributed by atoms with Gasteiger partial charge in [-0.3, -0.25) is 4.79 Å². The molecule has 0 radical (unpaired) electrons. The molecule has 3 nitrogen and oxygen atoms in total. The number of carbonyl (C=O) groups excluding carboxylic acids is 1. The fraction of sp³-hybridized carbons (Fsp3) is 0.875. The van der Waals surface area contributed by atoms with Crippen LogP contribution in [-0.2, 0) is 4.79 Å². The molecule has 1 aliphatic heterocycles. The lowest BCUT2D eigenvalue weighted by molar-refractivity contribution is -0.130. The summed E-state index contributed by atoms with van der Waals surface area (Å²) in [6, 6.07) is 0. The monoisotopic (exact) mass is 157 g/mol. The number of aliphatic hydroxyl groups is 1. The van der Waals surface area contributed by atoms with Gasteiger partial charge in [0, 0.05) is 19.5 Å². The van der Waals surface area contributed by atoms with Crippen LogP contribution < -0.4 is 0 Å². The van der Waals surface area contributed by atoms with E-state index in [1.165, 1.54) is 0 Å². The SMILES string of the molecule is CCC(=O)N1CC[C@@](C)(O)C1. The number of rotatable bonds is 1. The van der Waals surface area contributed by atoms with Crippen LogP contribution in [0.15, 0.2) is 0 Å². The third-order valence-corrected chi connectivity index (χ3v) is 2.11. The van der Waals surface area contributed by atoms with E-state index in [0.717, 1.165) is 0 Å². The standard InChI is InChI=1S/C8H15NO2/c1-3-7(10)9-5-4-8(2,11)6-9/h11H,3-6H2,1-2H3/t8-/m1/s1. The minimum absolute atomic E-state index is 0.141. The Morgan fingerprint density at radius 3 is 2.73 bits per heavy atom. The summed E-state index contributed by atoms with van der Waals surface area (Å²) in [5.74, 6) is 0.141. The van der Waals surface area contributed by atoms with Crippen molar-refractivity contribution in [2.75, 3.05) is 13.1 Å². The minimum Gasteiger partial charge on any atom is -0.388 e. The summed E-state index contributed by atoms with van der Waals surface area (Å²) in [6.07, 6.45) is 1.24. The van der Waals surface area contributed by atoms with Gasteiger partial charge in [-0.15, -0.1) is 0 Å². The highest BCUT2D eigenvalue weighted by Crippen LogP contribution is 2.20. The van der Waals surface area contributed by atoms with Crippen LogP contribution >= 0.6 is 0 Å². The second kappa shape index (κ2) is 2.81. The van der Waals surface area contributed by atoms with Crippen molar-refractivity contribution in [3.63, 3.8) is 0 Å². The molecule has 1 rings (SSSR count). The average molecular weight is 157 g/mol. The fourth-order valence-corrected chi connectivity index (χ4v) is 1.38. The van der Waals surface area contributed by atoms with Gasteiger partial charge in [0.15, 0.2) is 0 Å². The summed E-state index contributed by atoms with van der Waals surface area (Å²) in [6.45, 7) is 4.82. The topological polar surface area (TPSA) is 40.5 Å². The quantitative estimate of drug-likeness (QED) is 0.597. The zero-order valence-corrected chi connectivity index (χ0v) is 7.13. The molecule has 0 saturated carbocycles. The molecular weight excluding hydrogens is 142 g/mol. The summed E-state index contributed by atoms with van der Waals surface area (Å²) in [7, 11) is 0. The molecule has 11 heavy (non-hydrogen) atoms. The number of hydrogen-bond acceptors (Lipinski definition) is 2. The van der Waals surface area contributed by atoms with Crippen LogP contribution in [0.5, 0.6) is 0 Å². The van der Waals surface area contributed by atoms with Gasteiger partial charge < -0.3 is 10.0 Å². The molecule has 1 fully saturated rings. The maximum Gasteiger partial charge on any atom is 0.222 e. The van der Waals surface area contributed by atoms with Crippen molar-refractivity contribution in [1.82, 2.24) is 4.90 Å². The third-order valence-electron chi connectivity index (χ3n) is 2.11. The molecule has 3 heteroatoms. The smallest absolute Gasteiger partial charge is 0.222 e. The molecule has 0 bridgehead atoms. The molecule has 0 spiro atoms. The summed E-state index contributed by atoms with van der Waals surface area (Å²) >= 11 is 0. The van der Waals surface area contributed by atoms with Gasteiger partial charge in [-0.2, -0.15) is 0 Å². The summed E-state index contributed by atoms with van der Waals surface area (Å²) in [4.78, 5) is 12.8. The van der Waals surface area contributed by atoms with Crippen molar-refractivity contribution in [2.24, 2.45) is 0 Å². The highest BCUT2D eigenvalue weighted by Gasteiger charge is 2.32. The Kier molecular flexibility index (Phi) is 2.18. The van der Waals surface area contributed by atoms with Crippen LogP contribution in [0, 0.1) is 0 Å². The third kappa shape index (κ3) is 1.93. The highest BCUT2D eigenvalue weighted by atomic mass is 16.3. The molecule has 0 unspecified atom stereocenters. The molecule has 0 aliphatic carbocycles. The molecule has 1 aliphatic rings. The first-order valence-electron chi connectivity index (χ1n) is 4.05. The molecule has 0 aromatic rings. The van der Waals surface area contributed by atoms with Gasteiger partial charge >= 0.3 is 0 Å². The van der Waals surface area contributed by atoms with Gasteiger partial charge in [0.2, 0.25) is 5.91 Å². The van der Waals surface area contributed by atoms with E-state index in [9.17, 15) is 9.90 Å². The van der Waals surface area contributed by atoms with Gasteiger partial charge in [0.1, 0.15) is 0 Å². The lowest BCUT2D eigenvalue weighted by Gasteiger charge is -2.18. The molecule has 1 N–H and O–H groups in total. The zero-order chi connectivity index (χ0) is 8.48. The fourth-order valence-electron chi connectivity index (χ4n) is 1.38. The minimum atomic E-state index is -0.648.